The molecule has 1 fully saturated rings. The van der Waals surface area contributed by atoms with Crippen molar-refractivity contribution >= 4 is 40.1 Å². The third-order valence-electron chi connectivity index (χ3n) is 4.08. The second-order valence-electron chi connectivity index (χ2n) is 6.12. The molecule has 1 aromatic carbocycles. The molecule has 2 rings (SSSR count). The van der Waals surface area contributed by atoms with Crippen molar-refractivity contribution in [1.29, 1.82) is 0 Å². The summed E-state index contributed by atoms with van der Waals surface area (Å²) >= 11 is 11.0. The van der Waals surface area contributed by atoms with Crippen molar-refractivity contribution in [2.45, 2.75) is 47.6 Å². The molecule has 0 saturated carbocycles. The fourth-order valence-corrected chi connectivity index (χ4v) is 4.46. The summed E-state index contributed by atoms with van der Waals surface area (Å²) in [4.78, 5) is 1.53. The number of sulfone groups is 1. The minimum absolute atomic E-state index is 0.0253. The number of hydrogen-bond donors (Lipinski definition) is 1. The minimum Gasteiger partial charge on any atom is -0.437 e. The van der Waals surface area contributed by atoms with Crippen LogP contribution in [0.25, 0.3) is 0 Å². The number of ether oxygens (including phenoxy) is 1. The number of nitrogens with zero attached hydrogens (tertiary/aromatic N) is 1. The second kappa shape index (κ2) is 7.09. The number of benzene rings is 1. The summed E-state index contributed by atoms with van der Waals surface area (Å²) < 4.78 is 41.8. The molecule has 1 aliphatic rings. The van der Waals surface area contributed by atoms with Crippen molar-refractivity contribution in [2.75, 3.05) is 6.67 Å². The Morgan fingerprint density at radius 3 is 2.33 bits per heavy atom. The van der Waals surface area contributed by atoms with Gasteiger partial charge in [0, 0.05) is 0 Å². The monoisotopic (exact) mass is 397 g/mol. The molecule has 0 unspecified atom stereocenters. The highest BCUT2D eigenvalue weighted by molar-refractivity contribution is 7.94. The Balaban J connectivity index is 2.35. The zero-order valence-electron chi connectivity index (χ0n) is 13.5. The number of halogens is 3. The highest BCUT2D eigenvalue weighted by atomic mass is 35.5. The molecule has 1 aromatic rings. The summed E-state index contributed by atoms with van der Waals surface area (Å²) in [5.41, 5.74) is -0.258. The molecule has 1 aliphatic heterocycles. The average molecular weight is 398 g/mol. The first-order valence-electron chi connectivity index (χ1n) is 7.34. The normalized spacial score (nSPS) is 24.5. The van der Waals surface area contributed by atoms with Crippen LogP contribution >= 0.6 is 23.2 Å². The lowest BCUT2D eigenvalue weighted by Crippen LogP contribution is -2.52. The van der Waals surface area contributed by atoms with Crippen molar-refractivity contribution in [3.8, 4) is 0 Å². The molecule has 2 atom stereocenters. The Morgan fingerprint density at radius 2 is 1.92 bits per heavy atom. The summed E-state index contributed by atoms with van der Waals surface area (Å²) in [6.07, 6.45) is -0.640. The van der Waals surface area contributed by atoms with Crippen molar-refractivity contribution < 1.29 is 22.6 Å². The van der Waals surface area contributed by atoms with E-state index in [1.54, 1.807) is 25.5 Å². The SMILES string of the molecule is CB(O)N1[C@H](CF)[C@@H](c2ccc(S(=O)(=O)C(Cl)Cl)cc2)OC1(C)C. The predicted molar refractivity (Wildman–Crippen MR) is 92.5 cm³/mol. The third kappa shape index (κ3) is 3.59. The summed E-state index contributed by atoms with van der Waals surface area (Å²) in [6.45, 7) is 4.32. The van der Waals surface area contributed by atoms with Crippen LogP contribution < -0.4 is 0 Å². The molecule has 1 N–H and O–H groups in total. The summed E-state index contributed by atoms with van der Waals surface area (Å²) in [7, 11) is -4.71. The van der Waals surface area contributed by atoms with Crippen LogP contribution in [0.2, 0.25) is 6.82 Å². The van der Waals surface area contributed by atoms with Crippen molar-refractivity contribution in [1.82, 2.24) is 4.81 Å². The average Bonchev–Trinajstić information content (AvgIpc) is 2.78. The quantitative estimate of drug-likeness (QED) is 0.611. The molecule has 0 radical (unpaired) electrons. The Labute approximate surface area is 151 Å². The van der Waals surface area contributed by atoms with Crippen LogP contribution in [0.4, 0.5) is 4.39 Å². The minimum atomic E-state index is -3.82. The van der Waals surface area contributed by atoms with Crippen LogP contribution in [0.15, 0.2) is 29.2 Å². The van der Waals surface area contributed by atoms with Gasteiger partial charge in [-0.1, -0.05) is 35.3 Å². The van der Waals surface area contributed by atoms with Crippen molar-refractivity contribution in [2.24, 2.45) is 0 Å². The first kappa shape index (κ1) is 19.9. The molecule has 24 heavy (non-hydrogen) atoms. The van der Waals surface area contributed by atoms with E-state index in [2.05, 4.69) is 0 Å². The first-order valence-corrected chi connectivity index (χ1v) is 9.76. The lowest BCUT2D eigenvalue weighted by atomic mass is 9.80. The van der Waals surface area contributed by atoms with E-state index in [1.165, 1.54) is 24.3 Å². The predicted octanol–water partition coefficient (Wildman–Crippen LogP) is 2.78. The fourth-order valence-electron chi connectivity index (χ4n) is 3.12. The lowest BCUT2D eigenvalue weighted by molar-refractivity contribution is -0.0557. The molecular formula is C14H19BCl2FNO4S. The van der Waals surface area contributed by atoms with Gasteiger partial charge in [-0.05, 0) is 38.4 Å². The number of alkyl halides is 3. The maximum atomic E-state index is 13.6. The van der Waals surface area contributed by atoms with E-state index >= 15 is 0 Å². The Kier molecular flexibility index (Phi) is 5.89. The molecule has 134 valence electrons. The van der Waals surface area contributed by atoms with Crippen molar-refractivity contribution in [3.05, 3.63) is 29.8 Å². The van der Waals surface area contributed by atoms with Gasteiger partial charge in [-0.3, -0.25) is 4.81 Å². The molecule has 5 nitrogen and oxygen atoms in total. The number of hydrogen-bond acceptors (Lipinski definition) is 5. The Bertz CT molecular complexity index is 685. The zero-order valence-corrected chi connectivity index (χ0v) is 15.8. The van der Waals surface area contributed by atoms with Gasteiger partial charge < -0.3 is 9.76 Å². The van der Waals surface area contributed by atoms with E-state index in [9.17, 15) is 17.8 Å². The molecule has 0 amide bonds. The smallest absolute Gasteiger partial charge is 0.379 e. The summed E-state index contributed by atoms with van der Waals surface area (Å²) in [5.74, 6) is 0. The van der Waals surface area contributed by atoms with Gasteiger partial charge in [0.25, 0.3) is 0 Å². The molecular weight excluding hydrogens is 379 g/mol. The van der Waals surface area contributed by atoms with Crippen LogP contribution in [0.3, 0.4) is 0 Å². The van der Waals surface area contributed by atoms with Crippen LogP contribution in [-0.2, 0) is 14.6 Å². The third-order valence-corrected chi connectivity index (χ3v) is 6.88. The first-order chi connectivity index (χ1) is 11.0. The largest absolute Gasteiger partial charge is 0.437 e. The van der Waals surface area contributed by atoms with Gasteiger partial charge in [-0.2, -0.15) is 0 Å². The van der Waals surface area contributed by atoms with Gasteiger partial charge in [-0.15, -0.1) is 0 Å². The van der Waals surface area contributed by atoms with E-state index in [-0.39, 0.29) is 4.90 Å². The van der Waals surface area contributed by atoms with Gasteiger partial charge in [0.15, 0.2) is 0 Å². The molecule has 10 heteroatoms. The van der Waals surface area contributed by atoms with Crippen LogP contribution in [-0.4, -0.2) is 47.9 Å². The van der Waals surface area contributed by atoms with E-state index in [0.29, 0.717) is 5.56 Å². The maximum Gasteiger partial charge on any atom is 0.379 e. The van der Waals surface area contributed by atoms with Crippen LogP contribution in [0.1, 0.15) is 25.5 Å². The van der Waals surface area contributed by atoms with Crippen LogP contribution in [0, 0.1) is 0 Å². The van der Waals surface area contributed by atoms with E-state index in [4.69, 9.17) is 27.9 Å². The molecule has 0 aromatic heterocycles. The molecule has 1 saturated heterocycles. The molecule has 0 bridgehead atoms. The van der Waals surface area contributed by atoms with Gasteiger partial charge in [0.2, 0.25) is 14.0 Å². The van der Waals surface area contributed by atoms with Gasteiger partial charge >= 0.3 is 7.05 Å². The summed E-state index contributed by atoms with van der Waals surface area (Å²) in [5, 5.41) is 9.94. The fraction of sp³-hybridized carbons (Fsp3) is 0.571. The topological polar surface area (TPSA) is 66.8 Å². The second-order valence-corrected chi connectivity index (χ2v) is 9.77. The summed E-state index contributed by atoms with van der Waals surface area (Å²) in [6, 6.07) is 5.12. The highest BCUT2D eigenvalue weighted by Crippen LogP contribution is 2.41. The maximum absolute atomic E-state index is 13.6. The zero-order chi connectivity index (χ0) is 18.3. The molecule has 0 aliphatic carbocycles. The Morgan fingerprint density at radius 1 is 1.38 bits per heavy atom. The van der Waals surface area contributed by atoms with E-state index < -0.39 is 45.6 Å². The van der Waals surface area contributed by atoms with E-state index in [1.807, 2.05) is 0 Å². The molecule has 1 heterocycles. The van der Waals surface area contributed by atoms with Gasteiger partial charge in [-0.25, -0.2) is 12.8 Å². The standard InChI is InChI=1S/C14H19BCl2FNO4S/c1-14(2)19(15(3)20)11(8-18)12(23-14)9-4-6-10(7-5-9)24(21,22)13(16)17/h4-7,11-13,20H,8H2,1-3H3/t11-,12-/m1/s1. The highest BCUT2D eigenvalue weighted by Gasteiger charge is 2.50. The van der Waals surface area contributed by atoms with Crippen LogP contribution in [0.5, 0.6) is 0 Å². The van der Waals surface area contributed by atoms with Gasteiger partial charge in [0.1, 0.15) is 18.5 Å². The number of rotatable bonds is 5. The van der Waals surface area contributed by atoms with E-state index in [0.717, 1.165) is 0 Å². The Hall–Kier alpha value is -0.375. The lowest BCUT2D eigenvalue weighted by Gasteiger charge is -2.33. The molecule has 0 spiro atoms. The van der Waals surface area contributed by atoms with Crippen molar-refractivity contribution in [3.63, 3.8) is 0 Å². The van der Waals surface area contributed by atoms with Gasteiger partial charge in [0.05, 0.1) is 10.9 Å².